The Hall–Kier alpha value is -5.02. The highest BCUT2D eigenvalue weighted by Crippen LogP contribution is 2.51. The summed E-state index contributed by atoms with van der Waals surface area (Å²) in [6, 6.07) is 40.8. The van der Waals surface area contributed by atoms with Crippen LogP contribution in [0.5, 0.6) is 11.5 Å². The van der Waals surface area contributed by atoms with Crippen LogP contribution in [0, 0.1) is 10.8 Å². The summed E-state index contributed by atoms with van der Waals surface area (Å²) < 4.78 is 6.52. The van der Waals surface area contributed by atoms with Crippen LogP contribution >= 0.6 is 0 Å². The molecule has 5 aromatic rings. The molecular weight excluding hydrogens is 488 g/mol. The molecule has 5 aromatic carbocycles. The first kappa shape index (κ1) is 25.3. The van der Waals surface area contributed by atoms with Crippen LogP contribution in [0.4, 0.5) is 0 Å². The molecule has 0 aliphatic carbocycles. The first-order valence-corrected chi connectivity index (χ1v) is 13.4. The number of benzene rings is 5. The van der Waals surface area contributed by atoms with E-state index in [0.717, 1.165) is 44.9 Å². The molecule has 0 radical (unpaired) electrons. The van der Waals surface area contributed by atoms with Crippen molar-refractivity contribution >= 4 is 11.4 Å². The molecule has 40 heavy (non-hydrogen) atoms. The van der Waals surface area contributed by atoms with Gasteiger partial charge >= 0.3 is 0 Å². The van der Waals surface area contributed by atoms with Crippen LogP contribution in [-0.4, -0.2) is 11.4 Å². The summed E-state index contributed by atoms with van der Waals surface area (Å²) >= 11 is 0. The van der Waals surface area contributed by atoms with Gasteiger partial charge in [-0.2, -0.15) is 0 Å². The summed E-state index contributed by atoms with van der Waals surface area (Å²) in [5, 5.41) is 16.9. The van der Waals surface area contributed by atoms with E-state index in [1.807, 2.05) is 60.7 Å². The van der Waals surface area contributed by atoms with Gasteiger partial charge in [0.15, 0.2) is 0 Å². The molecule has 0 amide bonds. The van der Waals surface area contributed by atoms with Crippen molar-refractivity contribution < 1.29 is 4.74 Å². The van der Waals surface area contributed by atoms with Crippen molar-refractivity contribution in [1.29, 1.82) is 10.8 Å². The lowest BCUT2D eigenvalue weighted by Gasteiger charge is -2.35. The molecule has 2 N–H and O–H groups in total. The molecule has 0 saturated heterocycles. The number of allylic oxidation sites excluding steroid dienone is 2. The maximum absolute atomic E-state index is 8.62. The summed E-state index contributed by atoms with van der Waals surface area (Å²) in [6.07, 6.45) is 3.38. The number of rotatable bonds is 6. The molecule has 1 aliphatic rings. The fourth-order valence-electron chi connectivity index (χ4n) is 5.40. The highest BCUT2D eigenvalue weighted by molar-refractivity contribution is 6.14. The van der Waals surface area contributed by atoms with Crippen molar-refractivity contribution in [1.82, 2.24) is 0 Å². The van der Waals surface area contributed by atoms with E-state index < -0.39 is 0 Å². The normalized spacial score (nSPS) is 13.2. The third-order valence-corrected chi connectivity index (χ3v) is 7.64. The zero-order valence-corrected chi connectivity index (χ0v) is 22.6. The molecule has 0 atom stereocenters. The van der Waals surface area contributed by atoms with Crippen molar-refractivity contribution in [2.45, 2.75) is 19.3 Å². The lowest BCUT2D eigenvalue weighted by Crippen LogP contribution is -2.24. The number of hydrogen-bond acceptors (Lipinski definition) is 3. The van der Waals surface area contributed by atoms with Crippen LogP contribution in [0.2, 0.25) is 0 Å². The van der Waals surface area contributed by atoms with Crippen LogP contribution in [0.3, 0.4) is 0 Å². The molecule has 0 fully saturated rings. The van der Waals surface area contributed by atoms with Crippen molar-refractivity contribution in [2.24, 2.45) is 0 Å². The molecular formula is C37H30N2O. The molecule has 1 aliphatic heterocycles. The van der Waals surface area contributed by atoms with Gasteiger partial charge in [0.1, 0.15) is 11.5 Å². The molecule has 0 bridgehead atoms. The number of nitrogens with one attached hydrogen (secondary N) is 2. The first-order valence-electron chi connectivity index (χ1n) is 13.4. The Kier molecular flexibility index (Phi) is 6.49. The van der Waals surface area contributed by atoms with Crippen molar-refractivity contribution in [2.75, 3.05) is 0 Å². The van der Waals surface area contributed by atoms with E-state index in [4.69, 9.17) is 15.6 Å². The van der Waals surface area contributed by atoms with Crippen molar-refractivity contribution in [3.8, 4) is 33.8 Å². The molecule has 0 saturated carbocycles. The highest BCUT2D eigenvalue weighted by Gasteiger charge is 2.35. The van der Waals surface area contributed by atoms with Gasteiger partial charge in [0, 0.05) is 22.1 Å². The van der Waals surface area contributed by atoms with Gasteiger partial charge < -0.3 is 15.6 Å². The monoisotopic (exact) mass is 518 g/mol. The Labute approximate surface area is 235 Å². The number of para-hydroxylation sites is 2. The summed E-state index contributed by atoms with van der Waals surface area (Å²) in [5.41, 5.74) is 8.84. The van der Waals surface area contributed by atoms with Gasteiger partial charge in [0.05, 0.1) is 11.4 Å². The maximum atomic E-state index is 8.62. The van der Waals surface area contributed by atoms with E-state index in [0.29, 0.717) is 11.4 Å². The van der Waals surface area contributed by atoms with Gasteiger partial charge in [-0.1, -0.05) is 117 Å². The van der Waals surface area contributed by atoms with Crippen LogP contribution in [0.25, 0.3) is 22.3 Å². The zero-order valence-electron chi connectivity index (χ0n) is 22.6. The fourth-order valence-corrected chi connectivity index (χ4v) is 5.40. The van der Waals surface area contributed by atoms with E-state index in [1.54, 1.807) is 12.2 Å². The van der Waals surface area contributed by atoms with Gasteiger partial charge in [-0.25, -0.2) is 0 Å². The number of hydrogen-bond donors (Lipinski definition) is 2. The molecule has 0 aromatic heterocycles. The van der Waals surface area contributed by atoms with E-state index in [1.165, 1.54) is 11.1 Å². The van der Waals surface area contributed by atoms with E-state index in [2.05, 4.69) is 74.5 Å². The van der Waals surface area contributed by atoms with Gasteiger partial charge in [-0.05, 0) is 58.2 Å². The fraction of sp³-hybridized carbons (Fsp3) is 0.0811. The van der Waals surface area contributed by atoms with Crippen LogP contribution in [0.15, 0.2) is 133 Å². The van der Waals surface area contributed by atoms with E-state index in [9.17, 15) is 0 Å². The average Bonchev–Trinajstić information content (AvgIpc) is 3.00. The maximum Gasteiger partial charge on any atom is 0.139 e. The minimum Gasteiger partial charge on any atom is -0.456 e. The molecule has 0 unspecified atom stereocenters. The van der Waals surface area contributed by atoms with Gasteiger partial charge in [-0.3, -0.25) is 0 Å². The Balaban J connectivity index is 1.31. The topological polar surface area (TPSA) is 56.9 Å². The Morgan fingerprint density at radius 2 is 1.15 bits per heavy atom. The smallest absolute Gasteiger partial charge is 0.139 e. The SMILES string of the molecule is CC1(C)c2ccccc2Oc2c(-c3cccc(-c4cccc(C(=N)/C=C\C(=N)c5ccccc5)c4)c3)cccc21. The Bertz CT molecular complexity index is 1780. The number of ether oxygens (including phenoxy) is 1. The van der Waals surface area contributed by atoms with Crippen molar-refractivity contribution in [3.05, 3.63) is 156 Å². The summed E-state index contributed by atoms with van der Waals surface area (Å²) in [4.78, 5) is 0. The van der Waals surface area contributed by atoms with Crippen LogP contribution in [-0.2, 0) is 5.41 Å². The predicted octanol–water partition coefficient (Wildman–Crippen LogP) is 9.44. The summed E-state index contributed by atoms with van der Waals surface area (Å²) in [6.45, 7) is 4.51. The third-order valence-electron chi connectivity index (χ3n) is 7.64. The molecule has 1 heterocycles. The van der Waals surface area contributed by atoms with Crippen LogP contribution in [0.1, 0.15) is 36.1 Å². The molecule has 194 valence electrons. The Morgan fingerprint density at radius 1 is 0.575 bits per heavy atom. The molecule has 3 heteroatoms. The standard InChI is InChI=1S/C37H30N2O/c1-37(2)31-18-6-7-20-35(31)40-36-30(17-10-19-32(36)37)28-15-8-13-26(23-28)27-14-9-16-29(24-27)34(39)22-21-33(38)25-11-4-3-5-12-25/h3-24,38-39H,1-2H3/b22-21-,38-33?,39-34?. The quantitative estimate of drug-likeness (QED) is 0.216. The van der Waals surface area contributed by atoms with E-state index in [-0.39, 0.29) is 5.41 Å². The minimum absolute atomic E-state index is 0.170. The molecule has 6 rings (SSSR count). The van der Waals surface area contributed by atoms with Crippen LogP contribution < -0.4 is 4.74 Å². The molecule has 3 nitrogen and oxygen atoms in total. The minimum atomic E-state index is -0.170. The summed E-state index contributed by atoms with van der Waals surface area (Å²) in [5.74, 6) is 1.81. The van der Waals surface area contributed by atoms with Crippen molar-refractivity contribution in [3.63, 3.8) is 0 Å². The third kappa shape index (κ3) is 4.67. The second kappa shape index (κ2) is 10.3. The average molecular weight is 519 g/mol. The number of fused-ring (bicyclic) bond motifs is 2. The van der Waals surface area contributed by atoms with E-state index >= 15 is 0 Å². The largest absolute Gasteiger partial charge is 0.456 e. The Morgan fingerprint density at radius 3 is 1.95 bits per heavy atom. The van der Waals surface area contributed by atoms with Gasteiger partial charge in [-0.15, -0.1) is 0 Å². The lowest BCUT2D eigenvalue weighted by molar-refractivity contribution is 0.419. The molecule has 0 spiro atoms. The lowest BCUT2D eigenvalue weighted by atomic mass is 9.75. The van der Waals surface area contributed by atoms with Gasteiger partial charge in [0.25, 0.3) is 0 Å². The zero-order chi connectivity index (χ0) is 27.7. The first-order chi connectivity index (χ1) is 19.4. The second-order valence-electron chi connectivity index (χ2n) is 10.6. The highest BCUT2D eigenvalue weighted by atomic mass is 16.5. The predicted molar refractivity (Wildman–Crippen MR) is 165 cm³/mol. The second-order valence-corrected chi connectivity index (χ2v) is 10.6. The summed E-state index contributed by atoms with van der Waals surface area (Å²) in [7, 11) is 0. The van der Waals surface area contributed by atoms with Gasteiger partial charge in [0.2, 0.25) is 0 Å².